The van der Waals surface area contributed by atoms with Crippen LogP contribution in [0.5, 0.6) is 5.75 Å². The Balaban J connectivity index is 1.37. The molecular weight excluding hydrogens is 342 g/mol. The van der Waals surface area contributed by atoms with E-state index >= 15 is 0 Å². The Morgan fingerprint density at radius 1 is 1.37 bits per heavy atom. The van der Waals surface area contributed by atoms with E-state index in [2.05, 4.69) is 39.9 Å². The number of hydrogen-bond donors (Lipinski definition) is 0. The van der Waals surface area contributed by atoms with Gasteiger partial charge in [0.15, 0.2) is 5.82 Å². The van der Waals surface area contributed by atoms with Crippen molar-refractivity contribution in [1.29, 1.82) is 5.26 Å². The average molecular weight is 369 g/mol. The Kier molecular flexibility index (Phi) is 6.28. The van der Waals surface area contributed by atoms with E-state index in [0.29, 0.717) is 24.2 Å². The van der Waals surface area contributed by atoms with Gasteiger partial charge in [0.25, 0.3) is 0 Å². The van der Waals surface area contributed by atoms with E-state index in [4.69, 9.17) is 14.5 Å². The van der Waals surface area contributed by atoms with E-state index in [1.807, 2.05) is 13.0 Å². The van der Waals surface area contributed by atoms with Crippen LogP contribution in [0.1, 0.15) is 62.5 Å². The first-order valence-electron chi connectivity index (χ1n) is 9.65. The summed E-state index contributed by atoms with van der Waals surface area (Å²) in [4.78, 5) is 10.8. The second kappa shape index (κ2) is 8.85. The Labute approximate surface area is 160 Å². The molecule has 144 valence electrons. The Morgan fingerprint density at radius 3 is 2.78 bits per heavy atom. The molecule has 3 heterocycles. The molecule has 0 radical (unpaired) electrons. The number of hydrogen-bond acceptors (Lipinski definition) is 7. The van der Waals surface area contributed by atoms with Crippen LogP contribution >= 0.6 is 0 Å². The number of pyridine rings is 1. The molecule has 0 spiro atoms. The summed E-state index contributed by atoms with van der Waals surface area (Å²) in [6, 6.07) is 4.60. The van der Waals surface area contributed by atoms with Crippen molar-refractivity contribution in [2.45, 2.75) is 52.4 Å². The van der Waals surface area contributed by atoms with Crippen LogP contribution < -0.4 is 9.64 Å². The van der Waals surface area contributed by atoms with Crippen LogP contribution in [0, 0.1) is 24.2 Å². The molecule has 1 saturated heterocycles. The third-order valence-electron chi connectivity index (χ3n) is 5.02. The van der Waals surface area contributed by atoms with Crippen LogP contribution in [-0.4, -0.2) is 34.8 Å². The van der Waals surface area contributed by atoms with Gasteiger partial charge in [0, 0.05) is 19.0 Å². The monoisotopic (exact) mass is 369 g/mol. The zero-order chi connectivity index (χ0) is 19.2. The van der Waals surface area contributed by atoms with Gasteiger partial charge < -0.3 is 14.2 Å². The molecule has 0 amide bonds. The standard InChI is InChI=1S/C20H27N5O2/c1-14(2)19-23-20(27-24-19)25-8-6-16(7-9-25)5-4-10-26-17-11-15(3)18(12-21)22-13-17/h11,13-14,16H,4-10H2,1-3H3. The highest BCUT2D eigenvalue weighted by Crippen LogP contribution is 2.26. The van der Waals surface area contributed by atoms with Crippen LogP contribution in [0.4, 0.5) is 6.01 Å². The minimum atomic E-state index is 0.287. The maximum Gasteiger partial charge on any atom is 0.324 e. The Morgan fingerprint density at radius 2 is 2.15 bits per heavy atom. The number of nitrogens with zero attached hydrogens (tertiary/aromatic N) is 5. The zero-order valence-corrected chi connectivity index (χ0v) is 16.3. The van der Waals surface area contributed by atoms with Gasteiger partial charge in [0.05, 0.1) is 12.8 Å². The normalized spacial score (nSPS) is 15.1. The molecule has 2 aromatic rings. The Bertz CT molecular complexity index is 788. The van der Waals surface area contributed by atoms with Crippen LogP contribution in [0.25, 0.3) is 0 Å². The molecule has 7 heteroatoms. The van der Waals surface area contributed by atoms with Gasteiger partial charge in [-0.15, -0.1) is 0 Å². The molecule has 0 atom stereocenters. The molecule has 0 unspecified atom stereocenters. The van der Waals surface area contributed by atoms with Gasteiger partial charge in [-0.3, -0.25) is 0 Å². The number of anilines is 1. The van der Waals surface area contributed by atoms with Crippen molar-refractivity contribution in [1.82, 2.24) is 15.1 Å². The molecule has 0 aliphatic carbocycles. The van der Waals surface area contributed by atoms with Crippen LogP contribution in [0.3, 0.4) is 0 Å². The van der Waals surface area contributed by atoms with Gasteiger partial charge in [-0.05, 0) is 50.2 Å². The quantitative estimate of drug-likeness (QED) is 0.685. The molecular formula is C20H27N5O2. The van der Waals surface area contributed by atoms with Gasteiger partial charge >= 0.3 is 6.01 Å². The first-order valence-corrected chi connectivity index (χ1v) is 9.65. The highest BCUT2D eigenvalue weighted by atomic mass is 16.5. The van der Waals surface area contributed by atoms with E-state index < -0.39 is 0 Å². The maximum absolute atomic E-state index is 8.91. The first-order chi connectivity index (χ1) is 13.1. The molecule has 0 N–H and O–H groups in total. The van der Waals surface area contributed by atoms with Gasteiger partial charge in [-0.1, -0.05) is 19.0 Å². The lowest BCUT2D eigenvalue weighted by Gasteiger charge is -2.30. The van der Waals surface area contributed by atoms with E-state index in [1.165, 1.54) is 0 Å². The number of aryl methyl sites for hydroxylation is 1. The summed E-state index contributed by atoms with van der Waals surface area (Å²) in [6.45, 7) is 8.61. The van der Waals surface area contributed by atoms with Gasteiger partial charge in [0.2, 0.25) is 0 Å². The fourth-order valence-corrected chi connectivity index (χ4v) is 3.31. The third-order valence-corrected chi connectivity index (χ3v) is 5.02. The zero-order valence-electron chi connectivity index (χ0n) is 16.3. The third kappa shape index (κ3) is 4.97. The van der Waals surface area contributed by atoms with E-state index in [0.717, 1.165) is 55.9 Å². The van der Waals surface area contributed by atoms with Crippen molar-refractivity contribution >= 4 is 6.01 Å². The van der Waals surface area contributed by atoms with Crippen molar-refractivity contribution in [2.24, 2.45) is 5.92 Å². The summed E-state index contributed by atoms with van der Waals surface area (Å²) in [5, 5.41) is 13.0. The predicted molar refractivity (Wildman–Crippen MR) is 102 cm³/mol. The van der Waals surface area contributed by atoms with Crippen LogP contribution in [0.15, 0.2) is 16.8 Å². The second-order valence-electron chi connectivity index (χ2n) is 7.46. The highest BCUT2D eigenvalue weighted by Gasteiger charge is 2.23. The van der Waals surface area contributed by atoms with E-state index in [9.17, 15) is 0 Å². The number of aromatic nitrogens is 3. The first kappa shape index (κ1) is 19.2. The highest BCUT2D eigenvalue weighted by molar-refractivity contribution is 5.35. The lowest BCUT2D eigenvalue weighted by molar-refractivity contribution is 0.275. The van der Waals surface area contributed by atoms with E-state index in [1.54, 1.807) is 6.20 Å². The summed E-state index contributed by atoms with van der Waals surface area (Å²) in [5.41, 5.74) is 1.31. The number of piperidine rings is 1. The lowest BCUT2D eigenvalue weighted by Crippen LogP contribution is -2.34. The fraction of sp³-hybridized carbons (Fsp3) is 0.600. The van der Waals surface area contributed by atoms with Gasteiger partial charge in [0.1, 0.15) is 17.5 Å². The van der Waals surface area contributed by atoms with Gasteiger partial charge in [-0.25, -0.2) is 4.98 Å². The van der Waals surface area contributed by atoms with Crippen LogP contribution in [0.2, 0.25) is 0 Å². The van der Waals surface area contributed by atoms with Crippen molar-refractivity contribution in [3.8, 4) is 11.8 Å². The van der Waals surface area contributed by atoms with Crippen molar-refractivity contribution in [2.75, 3.05) is 24.6 Å². The van der Waals surface area contributed by atoms with Crippen molar-refractivity contribution < 1.29 is 9.26 Å². The van der Waals surface area contributed by atoms with Crippen molar-refractivity contribution in [3.05, 3.63) is 29.3 Å². The SMILES string of the molecule is Cc1cc(OCCCC2CCN(c3nc(C(C)C)no3)CC2)cnc1C#N. The minimum absolute atomic E-state index is 0.287. The lowest BCUT2D eigenvalue weighted by atomic mass is 9.92. The molecule has 1 aliphatic rings. The van der Waals surface area contributed by atoms with Gasteiger partial charge in [-0.2, -0.15) is 10.2 Å². The molecule has 0 aromatic carbocycles. The molecule has 0 bridgehead atoms. The second-order valence-corrected chi connectivity index (χ2v) is 7.46. The van der Waals surface area contributed by atoms with Crippen molar-refractivity contribution in [3.63, 3.8) is 0 Å². The molecule has 3 rings (SSSR count). The molecule has 0 saturated carbocycles. The summed E-state index contributed by atoms with van der Waals surface area (Å²) in [7, 11) is 0. The summed E-state index contributed by atoms with van der Waals surface area (Å²) < 4.78 is 11.2. The Hall–Kier alpha value is -2.62. The molecule has 27 heavy (non-hydrogen) atoms. The predicted octanol–water partition coefficient (Wildman–Crippen LogP) is 3.84. The molecule has 2 aromatic heterocycles. The maximum atomic E-state index is 8.91. The molecule has 1 fully saturated rings. The molecule has 7 nitrogen and oxygen atoms in total. The summed E-state index contributed by atoms with van der Waals surface area (Å²) >= 11 is 0. The fourth-order valence-electron chi connectivity index (χ4n) is 3.31. The number of nitriles is 1. The average Bonchev–Trinajstić information content (AvgIpc) is 3.16. The smallest absolute Gasteiger partial charge is 0.324 e. The summed E-state index contributed by atoms with van der Waals surface area (Å²) in [5.74, 6) is 2.50. The summed E-state index contributed by atoms with van der Waals surface area (Å²) in [6.07, 6.45) is 6.06. The van der Waals surface area contributed by atoms with Crippen LogP contribution in [-0.2, 0) is 0 Å². The number of ether oxygens (including phenoxy) is 1. The minimum Gasteiger partial charge on any atom is -0.492 e. The number of rotatable bonds is 7. The topological polar surface area (TPSA) is 88.1 Å². The largest absolute Gasteiger partial charge is 0.492 e. The van der Waals surface area contributed by atoms with E-state index in [-0.39, 0.29) is 5.92 Å². The molecule has 1 aliphatic heterocycles.